The van der Waals surface area contributed by atoms with Gasteiger partial charge in [0.15, 0.2) is 0 Å². The molecule has 19 heavy (non-hydrogen) atoms. The van der Waals surface area contributed by atoms with E-state index in [9.17, 15) is 0 Å². The van der Waals surface area contributed by atoms with Gasteiger partial charge in [-0.2, -0.15) is 0 Å². The molecule has 3 rings (SSSR count). The number of hydrogen-bond donors (Lipinski definition) is 2. The maximum atomic E-state index is 9.09. The molecule has 0 saturated carbocycles. The van der Waals surface area contributed by atoms with Crippen LogP contribution in [0.1, 0.15) is 21.3 Å². The van der Waals surface area contributed by atoms with E-state index in [1.807, 2.05) is 23.6 Å². The van der Waals surface area contributed by atoms with Gasteiger partial charge in [0.05, 0.1) is 22.4 Å². The molecule has 1 aromatic heterocycles. The summed E-state index contributed by atoms with van der Waals surface area (Å²) in [6.07, 6.45) is 0. The maximum Gasteiger partial charge on any atom is 0.141 e. The number of amidine groups is 1. The molecule has 0 fully saturated rings. The number of benzene rings is 1. The number of thioether (sulfide) groups is 1. The van der Waals surface area contributed by atoms with E-state index in [-0.39, 0.29) is 11.9 Å². The summed E-state index contributed by atoms with van der Waals surface area (Å²) < 4.78 is 0. The molecule has 0 bridgehead atoms. The minimum atomic E-state index is 0.180. The molecule has 1 unspecified atom stereocenters. The molecule has 5 heteroatoms. The third-order valence-electron chi connectivity index (χ3n) is 3.05. The number of thiophene rings is 1. The number of fused-ring (bicyclic) bond motifs is 2. The molecule has 0 saturated heterocycles. The summed E-state index contributed by atoms with van der Waals surface area (Å²) >= 11 is 3.35. The van der Waals surface area contributed by atoms with Gasteiger partial charge >= 0.3 is 0 Å². The SMILES string of the molecule is NC1=Nc2ccccc2C(SCCO)c2ccsc21. The number of aliphatic imine (C=N–C) groups is 1. The van der Waals surface area contributed by atoms with E-state index in [0.29, 0.717) is 11.6 Å². The molecule has 0 amide bonds. The first kappa shape index (κ1) is 12.7. The van der Waals surface area contributed by atoms with E-state index in [1.54, 1.807) is 23.1 Å². The summed E-state index contributed by atoms with van der Waals surface area (Å²) in [5.74, 6) is 1.29. The molecular weight excluding hydrogens is 276 g/mol. The average molecular weight is 290 g/mol. The third kappa shape index (κ3) is 2.29. The van der Waals surface area contributed by atoms with Crippen molar-refractivity contribution in [2.24, 2.45) is 10.7 Å². The van der Waals surface area contributed by atoms with Gasteiger partial charge in [-0.15, -0.1) is 23.1 Å². The molecule has 98 valence electrons. The van der Waals surface area contributed by atoms with Crippen molar-refractivity contribution in [2.45, 2.75) is 5.25 Å². The molecule has 0 spiro atoms. The third-order valence-corrected chi connectivity index (χ3v) is 5.26. The van der Waals surface area contributed by atoms with Crippen LogP contribution in [0.5, 0.6) is 0 Å². The predicted molar refractivity (Wildman–Crippen MR) is 82.5 cm³/mol. The highest BCUT2D eigenvalue weighted by Gasteiger charge is 2.25. The minimum Gasteiger partial charge on any atom is -0.396 e. The van der Waals surface area contributed by atoms with Gasteiger partial charge in [0.25, 0.3) is 0 Å². The molecule has 1 atom stereocenters. The van der Waals surface area contributed by atoms with Crippen molar-refractivity contribution in [2.75, 3.05) is 12.4 Å². The highest BCUT2D eigenvalue weighted by atomic mass is 32.2. The van der Waals surface area contributed by atoms with Crippen molar-refractivity contribution in [3.63, 3.8) is 0 Å². The second kappa shape index (κ2) is 5.36. The molecule has 2 heterocycles. The second-order valence-corrected chi connectivity index (χ2v) is 6.36. The van der Waals surface area contributed by atoms with Gasteiger partial charge in [0.1, 0.15) is 5.84 Å². The van der Waals surface area contributed by atoms with E-state index < -0.39 is 0 Å². The van der Waals surface area contributed by atoms with Crippen molar-refractivity contribution >= 4 is 34.6 Å². The van der Waals surface area contributed by atoms with Crippen molar-refractivity contribution < 1.29 is 5.11 Å². The van der Waals surface area contributed by atoms with Crippen LogP contribution < -0.4 is 5.73 Å². The summed E-state index contributed by atoms with van der Waals surface area (Å²) in [5.41, 5.74) is 9.40. The molecule has 1 aliphatic heterocycles. The lowest BCUT2D eigenvalue weighted by Crippen LogP contribution is -2.12. The number of nitrogens with zero attached hydrogens (tertiary/aromatic N) is 1. The summed E-state index contributed by atoms with van der Waals surface area (Å²) in [6.45, 7) is 0.180. The van der Waals surface area contributed by atoms with E-state index >= 15 is 0 Å². The van der Waals surface area contributed by atoms with Crippen LogP contribution in [0.3, 0.4) is 0 Å². The molecular formula is C14H14N2OS2. The minimum absolute atomic E-state index is 0.180. The number of aliphatic hydroxyl groups excluding tert-OH is 1. The number of rotatable bonds is 3. The number of nitrogens with two attached hydrogens (primary N) is 1. The van der Waals surface area contributed by atoms with Crippen LogP contribution in [0.25, 0.3) is 0 Å². The first-order valence-electron chi connectivity index (χ1n) is 6.04. The first-order valence-corrected chi connectivity index (χ1v) is 7.97. The fraction of sp³-hybridized carbons (Fsp3) is 0.214. The lowest BCUT2D eigenvalue weighted by atomic mass is 10.0. The Morgan fingerprint density at radius 1 is 1.26 bits per heavy atom. The van der Waals surface area contributed by atoms with E-state index in [1.165, 1.54) is 11.1 Å². The quantitative estimate of drug-likeness (QED) is 0.914. The molecule has 1 aromatic carbocycles. The van der Waals surface area contributed by atoms with Crippen molar-refractivity contribution in [1.29, 1.82) is 0 Å². The average Bonchev–Trinajstić information content (AvgIpc) is 2.86. The molecule has 1 aliphatic rings. The monoisotopic (exact) mass is 290 g/mol. The number of para-hydroxylation sites is 1. The lowest BCUT2D eigenvalue weighted by Gasteiger charge is -2.16. The topological polar surface area (TPSA) is 58.6 Å². The van der Waals surface area contributed by atoms with Gasteiger partial charge in [-0.05, 0) is 28.6 Å². The zero-order valence-electron chi connectivity index (χ0n) is 10.2. The summed E-state index contributed by atoms with van der Waals surface area (Å²) in [7, 11) is 0. The molecule has 3 nitrogen and oxygen atoms in total. The Kier molecular flexibility index (Phi) is 3.59. The maximum absolute atomic E-state index is 9.09. The van der Waals surface area contributed by atoms with Crippen molar-refractivity contribution in [1.82, 2.24) is 0 Å². The van der Waals surface area contributed by atoms with Gasteiger partial charge in [0.2, 0.25) is 0 Å². The summed E-state index contributed by atoms with van der Waals surface area (Å²) in [5, 5.41) is 11.3. The molecule has 2 aromatic rings. The van der Waals surface area contributed by atoms with Gasteiger partial charge < -0.3 is 10.8 Å². The fourth-order valence-electron chi connectivity index (χ4n) is 2.24. The van der Waals surface area contributed by atoms with Crippen LogP contribution in [0.15, 0.2) is 40.7 Å². The van der Waals surface area contributed by atoms with Crippen LogP contribution in [-0.4, -0.2) is 23.3 Å². The Balaban J connectivity index is 2.15. The smallest absolute Gasteiger partial charge is 0.141 e. The van der Waals surface area contributed by atoms with Crippen LogP contribution in [0, 0.1) is 0 Å². The zero-order valence-corrected chi connectivity index (χ0v) is 11.9. The summed E-state index contributed by atoms with van der Waals surface area (Å²) in [4.78, 5) is 5.59. The van der Waals surface area contributed by atoms with Crippen molar-refractivity contribution in [3.8, 4) is 0 Å². The van der Waals surface area contributed by atoms with Gasteiger partial charge in [0, 0.05) is 5.75 Å². The molecule has 3 N–H and O–H groups in total. The standard InChI is InChI=1S/C14H14N2OS2/c15-14-13-10(5-7-18-13)12(19-8-6-17)9-3-1-2-4-11(9)16-14/h1-5,7,12,17H,6,8H2,(H2,15,16). The Hall–Kier alpha value is -1.30. The normalized spacial score (nSPS) is 17.3. The Bertz CT molecular complexity index is 621. The zero-order chi connectivity index (χ0) is 13.2. The van der Waals surface area contributed by atoms with Crippen LogP contribution in [0.4, 0.5) is 5.69 Å². The molecule has 0 aliphatic carbocycles. The van der Waals surface area contributed by atoms with E-state index in [4.69, 9.17) is 10.8 Å². The number of aliphatic hydroxyl groups is 1. The highest BCUT2D eigenvalue weighted by molar-refractivity contribution is 7.99. The van der Waals surface area contributed by atoms with Gasteiger partial charge in [-0.25, -0.2) is 4.99 Å². The van der Waals surface area contributed by atoms with Crippen LogP contribution in [0.2, 0.25) is 0 Å². The first-order chi connectivity index (χ1) is 9.31. The van der Waals surface area contributed by atoms with Crippen LogP contribution >= 0.6 is 23.1 Å². The van der Waals surface area contributed by atoms with Gasteiger partial charge in [-0.3, -0.25) is 0 Å². The Morgan fingerprint density at radius 3 is 2.95 bits per heavy atom. The highest BCUT2D eigenvalue weighted by Crippen LogP contribution is 2.44. The van der Waals surface area contributed by atoms with Gasteiger partial charge in [-0.1, -0.05) is 18.2 Å². The molecule has 0 radical (unpaired) electrons. The van der Waals surface area contributed by atoms with Crippen molar-refractivity contribution in [3.05, 3.63) is 51.7 Å². The fourth-order valence-corrected chi connectivity index (χ4v) is 4.25. The number of hydrogen-bond acceptors (Lipinski definition) is 5. The van der Waals surface area contributed by atoms with Crippen LogP contribution in [-0.2, 0) is 0 Å². The Morgan fingerprint density at radius 2 is 2.11 bits per heavy atom. The van der Waals surface area contributed by atoms with E-state index in [0.717, 1.165) is 10.6 Å². The largest absolute Gasteiger partial charge is 0.396 e. The second-order valence-electron chi connectivity index (χ2n) is 4.24. The predicted octanol–water partition coefficient (Wildman–Crippen LogP) is 2.91. The Labute approximate surface area is 120 Å². The summed E-state index contributed by atoms with van der Waals surface area (Å²) in [6, 6.07) is 10.2. The van der Waals surface area contributed by atoms with E-state index in [2.05, 4.69) is 17.1 Å². The lowest BCUT2D eigenvalue weighted by molar-refractivity contribution is 0.322.